The minimum atomic E-state index is -0.715. The molecular formula is C15H19NO3. The smallest absolute Gasteiger partial charge is 0.306 e. The topological polar surface area (TPSA) is 49.8 Å². The fourth-order valence-corrected chi connectivity index (χ4v) is 3.16. The molecule has 1 aromatic carbocycles. The number of hydrogen-bond donors (Lipinski definition) is 1. The summed E-state index contributed by atoms with van der Waals surface area (Å²) < 4.78 is 5.75. The van der Waals surface area contributed by atoms with Crippen molar-refractivity contribution < 1.29 is 14.6 Å². The number of nitrogens with zero attached hydrogens (tertiary/aromatic N) is 1. The number of ether oxygens (including phenoxy) is 1. The van der Waals surface area contributed by atoms with Crippen LogP contribution in [0.25, 0.3) is 0 Å². The lowest BCUT2D eigenvalue weighted by molar-refractivity contribution is -0.142. The molecule has 0 saturated heterocycles. The normalized spacial score (nSPS) is 21.9. The number of carboxylic acids is 1. The number of aryl methyl sites for hydroxylation is 1. The van der Waals surface area contributed by atoms with Crippen molar-refractivity contribution in [3.63, 3.8) is 0 Å². The van der Waals surface area contributed by atoms with Crippen LogP contribution >= 0.6 is 0 Å². The number of carbonyl (C=O) groups is 1. The Morgan fingerprint density at radius 1 is 1.47 bits per heavy atom. The van der Waals surface area contributed by atoms with E-state index in [-0.39, 0.29) is 5.92 Å². The van der Waals surface area contributed by atoms with Crippen molar-refractivity contribution in [1.29, 1.82) is 0 Å². The molecule has 1 aromatic rings. The summed E-state index contributed by atoms with van der Waals surface area (Å²) in [6.45, 7) is 1.52. The van der Waals surface area contributed by atoms with Crippen LogP contribution in [0.4, 0.5) is 5.69 Å². The number of fused-ring (bicyclic) bond motifs is 3. The maximum Gasteiger partial charge on any atom is 0.306 e. The number of anilines is 1. The van der Waals surface area contributed by atoms with Crippen LogP contribution < -0.4 is 9.64 Å². The first-order chi connectivity index (χ1) is 9.16. The molecule has 1 atom stereocenters. The first-order valence-corrected chi connectivity index (χ1v) is 6.88. The molecule has 4 nitrogen and oxygen atoms in total. The fourth-order valence-electron chi connectivity index (χ4n) is 3.16. The molecule has 19 heavy (non-hydrogen) atoms. The van der Waals surface area contributed by atoms with Crippen LogP contribution in [0, 0.1) is 5.92 Å². The van der Waals surface area contributed by atoms with Crippen molar-refractivity contribution in [2.24, 2.45) is 5.92 Å². The van der Waals surface area contributed by atoms with Crippen molar-refractivity contribution in [3.8, 4) is 5.75 Å². The van der Waals surface area contributed by atoms with Gasteiger partial charge in [0, 0.05) is 24.8 Å². The van der Waals surface area contributed by atoms with Crippen molar-refractivity contribution in [2.75, 3.05) is 25.1 Å². The SMILES string of the molecule is CN1CCCc2ccc3c(c21)CC(C(=O)O)CCO3. The van der Waals surface area contributed by atoms with Gasteiger partial charge >= 0.3 is 5.97 Å². The molecule has 3 rings (SSSR count). The highest BCUT2D eigenvalue weighted by Gasteiger charge is 2.28. The van der Waals surface area contributed by atoms with E-state index in [0.29, 0.717) is 19.4 Å². The number of carboxylic acid groups (broad SMARTS) is 1. The number of hydrogen-bond acceptors (Lipinski definition) is 3. The van der Waals surface area contributed by atoms with Gasteiger partial charge in [0.2, 0.25) is 0 Å². The standard InChI is InChI=1S/C15H19NO3/c1-16-7-2-3-10-4-5-13-12(14(10)16)9-11(15(17)18)6-8-19-13/h4-5,11H,2-3,6-9H2,1H3,(H,17,18). The summed E-state index contributed by atoms with van der Waals surface area (Å²) in [6, 6.07) is 4.14. The highest BCUT2D eigenvalue weighted by Crippen LogP contribution is 2.39. The van der Waals surface area contributed by atoms with E-state index >= 15 is 0 Å². The summed E-state index contributed by atoms with van der Waals surface area (Å²) >= 11 is 0. The third kappa shape index (κ3) is 2.15. The molecule has 4 heteroatoms. The zero-order valence-electron chi connectivity index (χ0n) is 11.2. The number of rotatable bonds is 1. The molecular weight excluding hydrogens is 242 g/mol. The Hall–Kier alpha value is -1.71. The van der Waals surface area contributed by atoms with Gasteiger partial charge < -0.3 is 14.7 Å². The van der Waals surface area contributed by atoms with E-state index in [1.807, 2.05) is 6.07 Å². The summed E-state index contributed by atoms with van der Waals surface area (Å²) in [6.07, 6.45) is 3.40. The van der Waals surface area contributed by atoms with Gasteiger partial charge in [-0.25, -0.2) is 0 Å². The lowest BCUT2D eigenvalue weighted by atomic mass is 9.91. The molecule has 0 radical (unpaired) electrons. The third-order valence-electron chi connectivity index (χ3n) is 4.17. The van der Waals surface area contributed by atoms with E-state index in [9.17, 15) is 9.90 Å². The minimum absolute atomic E-state index is 0.330. The maximum absolute atomic E-state index is 11.3. The molecule has 0 fully saturated rings. The zero-order chi connectivity index (χ0) is 13.4. The third-order valence-corrected chi connectivity index (χ3v) is 4.17. The first-order valence-electron chi connectivity index (χ1n) is 6.88. The van der Waals surface area contributed by atoms with E-state index in [2.05, 4.69) is 18.0 Å². The van der Waals surface area contributed by atoms with Gasteiger partial charge in [0.25, 0.3) is 0 Å². The second kappa shape index (κ2) is 4.76. The fraction of sp³-hybridized carbons (Fsp3) is 0.533. The Balaban J connectivity index is 2.07. The van der Waals surface area contributed by atoms with Crippen LogP contribution in [0.15, 0.2) is 12.1 Å². The van der Waals surface area contributed by atoms with Crippen molar-refractivity contribution >= 4 is 11.7 Å². The van der Waals surface area contributed by atoms with Gasteiger partial charge in [0.1, 0.15) is 5.75 Å². The second-order valence-corrected chi connectivity index (χ2v) is 5.45. The summed E-state index contributed by atoms with van der Waals surface area (Å²) in [4.78, 5) is 13.5. The lowest BCUT2D eigenvalue weighted by Crippen LogP contribution is -2.27. The van der Waals surface area contributed by atoms with Crippen molar-refractivity contribution in [3.05, 3.63) is 23.3 Å². The Morgan fingerprint density at radius 2 is 2.32 bits per heavy atom. The summed E-state index contributed by atoms with van der Waals surface area (Å²) in [5.74, 6) is -0.174. The maximum atomic E-state index is 11.3. The van der Waals surface area contributed by atoms with Gasteiger partial charge in [0.05, 0.1) is 12.5 Å². The van der Waals surface area contributed by atoms with Crippen LogP contribution in [0.5, 0.6) is 5.75 Å². The van der Waals surface area contributed by atoms with Crippen LogP contribution in [-0.2, 0) is 17.6 Å². The highest BCUT2D eigenvalue weighted by atomic mass is 16.5. The molecule has 2 aliphatic rings. The van der Waals surface area contributed by atoms with Crippen LogP contribution in [-0.4, -0.2) is 31.3 Å². The molecule has 1 unspecified atom stereocenters. The molecule has 1 N–H and O–H groups in total. The molecule has 0 spiro atoms. The van der Waals surface area contributed by atoms with Crippen molar-refractivity contribution in [1.82, 2.24) is 0 Å². The van der Waals surface area contributed by atoms with Crippen LogP contribution in [0.2, 0.25) is 0 Å². The average molecular weight is 261 g/mol. The Bertz CT molecular complexity index is 512. The summed E-state index contributed by atoms with van der Waals surface area (Å²) in [5, 5.41) is 9.29. The Morgan fingerprint density at radius 3 is 3.11 bits per heavy atom. The van der Waals surface area contributed by atoms with Gasteiger partial charge in [-0.3, -0.25) is 4.79 Å². The number of aliphatic carboxylic acids is 1. The zero-order valence-corrected chi connectivity index (χ0v) is 11.2. The van der Waals surface area contributed by atoms with Crippen LogP contribution in [0.3, 0.4) is 0 Å². The molecule has 0 saturated carbocycles. The second-order valence-electron chi connectivity index (χ2n) is 5.45. The van der Waals surface area contributed by atoms with E-state index < -0.39 is 5.97 Å². The summed E-state index contributed by atoms with van der Waals surface area (Å²) in [7, 11) is 2.08. The van der Waals surface area contributed by atoms with Gasteiger partial charge in [-0.2, -0.15) is 0 Å². The Labute approximate surface area is 113 Å². The average Bonchev–Trinajstić information content (AvgIpc) is 2.60. The van der Waals surface area contributed by atoms with E-state index in [4.69, 9.17) is 4.74 Å². The first kappa shape index (κ1) is 12.3. The quantitative estimate of drug-likeness (QED) is 0.841. The van der Waals surface area contributed by atoms with E-state index in [1.165, 1.54) is 11.3 Å². The molecule has 0 bridgehead atoms. The monoisotopic (exact) mass is 261 g/mol. The number of benzene rings is 1. The van der Waals surface area contributed by atoms with E-state index in [0.717, 1.165) is 30.7 Å². The van der Waals surface area contributed by atoms with Gasteiger partial charge in [-0.15, -0.1) is 0 Å². The van der Waals surface area contributed by atoms with Gasteiger partial charge in [-0.1, -0.05) is 6.07 Å². The highest BCUT2D eigenvalue weighted by molar-refractivity contribution is 5.73. The van der Waals surface area contributed by atoms with Gasteiger partial charge in [0.15, 0.2) is 0 Å². The molecule has 0 aliphatic carbocycles. The lowest BCUT2D eigenvalue weighted by Gasteiger charge is -2.31. The summed E-state index contributed by atoms with van der Waals surface area (Å²) in [5.41, 5.74) is 3.61. The van der Waals surface area contributed by atoms with Crippen molar-refractivity contribution in [2.45, 2.75) is 25.7 Å². The Kier molecular flexibility index (Phi) is 3.09. The van der Waals surface area contributed by atoms with Gasteiger partial charge in [-0.05, 0) is 37.3 Å². The van der Waals surface area contributed by atoms with E-state index in [1.54, 1.807) is 0 Å². The largest absolute Gasteiger partial charge is 0.493 e. The predicted molar refractivity (Wildman–Crippen MR) is 73.0 cm³/mol. The molecule has 2 heterocycles. The van der Waals surface area contributed by atoms with Crippen LogP contribution in [0.1, 0.15) is 24.0 Å². The minimum Gasteiger partial charge on any atom is -0.493 e. The molecule has 2 aliphatic heterocycles. The molecule has 0 amide bonds. The molecule has 102 valence electrons. The molecule has 0 aromatic heterocycles. The predicted octanol–water partition coefficient (Wildman–Crippen LogP) is 2.09.